The summed E-state index contributed by atoms with van der Waals surface area (Å²) < 4.78 is 17.7. The lowest BCUT2D eigenvalue weighted by atomic mass is 10.00. The van der Waals surface area contributed by atoms with Gasteiger partial charge >= 0.3 is 0 Å². The van der Waals surface area contributed by atoms with Gasteiger partial charge in [0.15, 0.2) is 10.5 Å². The van der Waals surface area contributed by atoms with Crippen molar-refractivity contribution in [2.45, 2.75) is 24.3 Å². The summed E-state index contributed by atoms with van der Waals surface area (Å²) in [5.41, 5.74) is 3.66. The molecule has 142 valence electrons. The van der Waals surface area contributed by atoms with E-state index in [1.54, 1.807) is 32.5 Å². The van der Waals surface area contributed by atoms with E-state index >= 15 is 0 Å². The van der Waals surface area contributed by atoms with E-state index in [9.17, 15) is 9.66 Å². The molecule has 0 saturated heterocycles. The van der Waals surface area contributed by atoms with Crippen LogP contribution in [0.25, 0.3) is 33.6 Å². The average molecular weight is 392 g/mol. The van der Waals surface area contributed by atoms with Crippen molar-refractivity contribution in [1.82, 2.24) is 9.97 Å². The highest BCUT2D eigenvalue weighted by Crippen LogP contribution is 2.34. The van der Waals surface area contributed by atoms with Gasteiger partial charge in [-0.15, -0.1) is 0 Å². The number of hydrogen-bond acceptors (Lipinski definition) is 5. The predicted molar refractivity (Wildman–Crippen MR) is 110 cm³/mol. The lowest BCUT2D eigenvalue weighted by Gasteiger charge is -2.17. The standard InChI is InChI=1S/C22H20N2O3S/c1-22(2,25)20-12-15(8-10-24-20)17-9-11-23-18-13-19(27-21(17)18)14-4-6-16(7-5-14)28(3)26/h4-13,25H,1-3H3. The minimum Gasteiger partial charge on any atom is -0.612 e. The summed E-state index contributed by atoms with van der Waals surface area (Å²) in [4.78, 5) is 9.47. The summed E-state index contributed by atoms with van der Waals surface area (Å²) in [6, 6.07) is 15.0. The Bertz CT molecular complexity index is 1130. The molecule has 1 unspecified atom stereocenters. The number of nitrogens with zero attached hydrogens (tertiary/aromatic N) is 2. The van der Waals surface area contributed by atoms with E-state index in [4.69, 9.17) is 4.42 Å². The Hall–Kier alpha value is -2.67. The number of aliphatic hydroxyl groups is 1. The quantitative estimate of drug-likeness (QED) is 0.516. The van der Waals surface area contributed by atoms with E-state index in [-0.39, 0.29) is 0 Å². The van der Waals surface area contributed by atoms with Crippen molar-refractivity contribution in [1.29, 1.82) is 0 Å². The van der Waals surface area contributed by atoms with Crippen LogP contribution in [0.2, 0.25) is 0 Å². The van der Waals surface area contributed by atoms with Gasteiger partial charge in [-0.25, -0.2) is 0 Å². The SMILES string of the molecule is C[S+]([O-])c1ccc(-c2cc3nccc(-c4ccnc(C(C)(C)O)c4)c3o2)cc1. The molecule has 0 radical (unpaired) electrons. The Kier molecular flexibility index (Phi) is 4.71. The molecule has 0 aliphatic heterocycles. The van der Waals surface area contributed by atoms with Gasteiger partial charge in [0.25, 0.3) is 0 Å². The van der Waals surface area contributed by atoms with Crippen LogP contribution in [0.3, 0.4) is 0 Å². The maximum Gasteiger partial charge on any atom is 0.161 e. The average Bonchev–Trinajstić information content (AvgIpc) is 3.12. The molecular formula is C22H20N2O3S. The Labute approximate surface area is 166 Å². The molecule has 3 aromatic heterocycles. The monoisotopic (exact) mass is 392 g/mol. The van der Waals surface area contributed by atoms with Gasteiger partial charge in [0.2, 0.25) is 0 Å². The Morgan fingerprint density at radius 1 is 0.964 bits per heavy atom. The van der Waals surface area contributed by atoms with Gasteiger partial charge in [-0.3, -0.25) is 9.97 Å². The number of rotatable bonds is 4. The molecule has 3 heterocycles. The fraction of sp³-hybridized carbons (Fsp3) is 0.182. The third-order valence-electron chi connectivity index (χ3n) is 4.58. The number of benzene rings is 1. The Morgan fingerprint density at radius 3 is 2.36 bits per heavy atom. The smallest absolute Gasteiger partial charge is 0.161 e. The van der Waals surface area contributed by atoms with Crippen LogP contribution < -0.4 is 0 Å². The second kappa shape index (κ2) is 7.05. The molecular weight excluding hydrogens is 372 g/mol. The molecule has 6 heteroatoms. The summed E-state index contributed by atoms with van der Waals surface area (Å²) >= 11 is -1.02. The van der Waals surface area contributed by atoms with Crippen LogP contribution in [0, 0.1) is 0 Å². The summed E-state index contributed by atoms with van der Waals surface area (Å²) in [5, 5.41) is 10.3. The van der Waals surface area contributed by atoms with Crippen molar-refractivity contribution in [3.05, 3.63) is 66.6 Å². The fourth-order valence-electron chi connectivity index (χ4n) is 3.05. The molecule has 0 amide bonds. The number of aromatic nitrogens is 2. The second-order valence-electron chi connectivity index (χ2n) is 7.15. The fourth-order valence-corrected chi connectivity index (χ4v) is 3.57. The van der Waals surface area contributed by atoms with Gasteiger partial charge in [-0.05, 0) is 73.1 Å². The van der Waals surface area contributed by atoms with Crippen molar-refractivity contribution in [3.8, 4) is 22.5 Å². The van der Waals surface area contributed by atoms with Gasteiger partial charge < -0.3 is 14.1 Å². The first-order valence-electron chi connectivity index (χ1n) is 8.84. The molecule has 28 heavy (non-hydrogen) atoms. The zero-order chi connectivity index (χ0) is 19.9. The van der Waals surface area contributed by atoms with E-state index < -0.39 is 16.8 Å². The highest BCUT2D eigenvalue weighted by molar-refractivity contribution is 7.90. The highest BCUT2D eigenvalue weighted by atomic mass is 32.2. The topological polar surface area (TPSA) is 82.2 Å². The molecule has 4 rings (SSSR count). The Morgan fingerprint density at radius 2 is 1.68 bits per heavy atom. The number of fused-ring (bicyclic) bond motifs is 1. The van der Waals surface area contributed by atoms with Crippen LogP contribution in [-0.2, 0) is 16.8 Å². The van der Waals surface area contributed by atoms with Crippen molar-refractivity contribution < 1.29 is 14.1 Å². The van der Waals surface area contributed by atoms with Gasteiger partial charge in [-0.1, -0.05) is 0 Å². The zero-order valence-electron chi connectivity index (χ0n) is 15.8. The van der Waals surface area contributed by atoms with Gasteiger partial charge in [-0.2, -0.15) is 0 Å². The minimum absolute atomic E-state index is 0.588. The summed E-state index contributed by atoms with van der Waals surface area (Å²) in [5.74, 6) is 0.695. The van der Waals surface area contributed by atoms with E-state index in [0.29, 0.717) is 17.0 Å². The normalized spacial score (nSPS) is 13.0. The summed E-state index contributed by atoms with van der Waals surface area (Å²) in [6.45, 7) is 3.42. The first kappa shape index (κ1) is 18.7. The summed E-state index contributed by atoms with van der Waals surface area (Å²) in [6.07, 6.45) is 5.08. The van der Waals surface area contributed by atoms with E-state index in [2.05, 4.69) is 9.97 Å². The van der Waals surface area contributed by atoms with Crippen LogP contribution in [0.4, 0.5) is 0 Å². The molecule has 0 saturated carbocycles. The second-order valence-corrected chi connectivity index (χ2v) is 8.53. The molecule has 1 N–H and O–H groups in total. The Balaban J connectivity index is 1.80. The molecule has 1 aromatic carbocycles. The van der Waals surface area contributed by atoms with E-state index in [0.717, 1.165) is 27.1 Å². The summed E-state index contributed by atoms with van der Waals surface area (Å²) in [7, 11) is 0. The van der Waals surface area contributed by atoms with Crippen LogP contribution in [0.1, 0.15) is 19.5 Å². The molecule has 0 bridgehead atoms. The molecule has 1 atom stereocenters. The lowest BCUT2D eigenvalue weighted by molar-refractivity contribution is 0.0739. The molecule has 4 aromatic rings. The molecule has 0 fully saturated rings. The van der Waals surface area contributed by atoms with Gasteiger partial charge in [0.05, 0.1) is 5.69 Å². The lowest BCUT2D eigenvalue weighted by Crippen LogP contribution is -2.17. The van der Waals surface area contributed by atoms with Gasteiger partial charge in [0.1, 0.15) is 23.1 Å². The van der Waals surface area contributed by atoms with Crippen LogP contribution >= 0.6 is 0 Å². The maximum absolute atomic E-state index is 11.6. The number of pyridine rings is 2. The number of furan rings is 1. The largest absolute Gasteiger partial charge is 0.612 e. The minimum atomic E-state index is -1.03. The highest BCUT2D eigenvalue weighted by Gasteiger charge is 2.19. The van der Waals surface area contributed by atoms with E-state index in [1.165, 1.54) is 0 Å². The van der Waals surface area contributed by atoms with Crippen LogP contribution in [0.5, 0.6) is 0 Å². The first-order chi connectivity index (χ1) is 13.3. The number of hydrogen-bond donors (Lipinski definition) is 1. The van der Waals surface area contributed by atoms with Crippen molar-refractivity contribution in [2.24, 2.45) is 0 Å². The predicted octanol–water partition coefficient (Wildman–Crippen LogP) is 4.52. The third kappa shape index (κ3) is 3.54. The van der Waals surface area contributed by atoms with E-state index in [1.807, 2.05) is 48.5 Å². The first-order valence-corrected chi connectivity index (χ1v) is 10.4. The van der Waals surface area contributed by atoms with Crippen molar-refractivity contribution in [2.75, 3.05) is 6.26 Å². The third-order valence-corrected chi connectivity index (χ3v) is 5.52. The molecule has 0 aliphatic rings. The molecule has 0 aliphatic carbocycles. The van der Waals surface area contributed by atoms with Crippen molar-refractivity contribution in [3.63, 3.8) is 0 Å². The van der Waals surface area contributed by atoms with Crippen LogP contribution in [-0.4, -0.2) is 25.9 Å². The van der Waals surface area contributed by atoms with Crippen LogP contribution in [0.15, 0.2) is 70.2 Å². The molecule has 5 nitrogen and oxygen atoms in total. The van der Waals surface area contributed by atoms with Crippen molar-refractivity contribution >= 4 is 22.3 Å². The van der Waals surface area contributed by atoms with Gasteiger partial charge in [0, 0.05) is 29.6 Å². The zero-order valence-corrected chi connectivity index (χ0v) is 16.7. The maximum atomic E-state index is 11.6. The molecule has 0 spiro atoms.